The molecule has 0 aliphatic carbocycles. The lowest BCUT2D eigenvalue weighted by Crippen LogP contribution is -1.99. The van der Waals surface area contributed by atoms with Crippen LogP contribution >= 0.6 is 11.3 Å². The number of hydrogen-bond donors (Lipinski definition) is 1. The average Bonchev–Trinajstić information content (AvgIpc) is 2.87. The Morgan fingerprint density at radius 1 is 1.14 bits per heavy atom. The van der Waals surface area contributed by atoms with Crippen LogP contribution in [0.2, 0.25) is 0 Å². The quantitative estimate of drug-likeness (QED) is 0.792. The molecule has 102 valence electrons. The van der Waals surface area contributed by atoms with Gasteiger partial charge in [-0.05, 0) is 41.1 Å². The summed E-state index contributed by atoms with van der Waals surface area (Å²) in [6, 6.07) is 17.1. The Hall–Kier alpha value is -2.64. The van der Waals surface area contributed by atoms with Gasteiger partial charge in [-0.1, -0.05) is 30.3 Å². The number of fused-ring (bicyclic) bond motifs is 1. The normalized spacial score (nSPS) is 10.4. The molecule has 0 aliphatic rings. The second-order valence-electron chi connectivity index (χ2n) is 4.70. The van der Waals surface area contributed by atoms with Gasteiger partial charge in [-0.3, -0.25) is 0 Å². The zero-order valence-corrected chi connectivity index (χ0v) is 11.9. The summed E-state index contributed by atoms with van der Waals surface area (Å²) in [5.74, 6) is -0.889. The summed E-state index contributed by atoms with van der Waals surface area (Å²) >= 11 is 1.31. The first kappa shape index (κ1) is 13.3. The SMILES string of the molecule is N#Cc1ccc(Cc2c(C(=O)O)sc3ccccc23)cc1. The Balaban J connectivity index is 2.08. The maximum Gasteiger partial charge on any atom is 0.346 e. The summed E-state index contributed by atoms with van der Waals surface area (Å²) in [5.41, 5.74) is 2.44. The van der Waals surface area contributed by atoms with Crippen molar-refractivity contribution in [2.24, 2.45) is 0 Å². The molecule has 0 atom stereocenters. The fraction of sp³-hybridized carbons (Fsp3) is 0.0588. The largest absolute Gasteiger partial charge is 0.477 e. The standard InChI is InChI=1S/C17H11NO2S/c18-10-12-7-5-11(6-8-12)9-14-13-3-1-2-4-15(13)21-16(14)17(19)20/h1-8H,9H2,(H,19,20). The van der Waals surface area contributed by atoms with Gasteiger partial charge >= 0.3 is 5.97 Å². The van der Waals surface area contributed by atoms with Crippen molar-refractivity contribution in [3.8, 4) is 6.07 Å². The van der Waals surface area contributed by atoms with Gasteiger partial charge in [0, 0.05) is 4.70 Å². The lowest BCUT2D eigenvalue weighted by atomic mass is 10.0. The van der Waals surface area contributed by atoms with E-state index in [0.29, 0.717) is 16.9 Å². The van der Waals surface area contributed by atoms with Gasteiger partial charge in [-0.25, -0.2) is 4.79 Å². The molecular formula is C17H11NO2S. The lowest BCUT2D eigenvalue weighted by Gasteiger charge is -2.03. The van der Waals surface area contributed by atoms with Crippen LogP contribution in [-0.4, -0.2) is 11.1 Å². The highest BCUT2D eigenvalue weighted by atomic mass is 32.1. The van der Waals surface area contributed by atoms with Gasteiger partial charge in [0.05, 0.1) is 11.6 Å². The number of nitrogens with zero attached hydrogens (tertiary/aromatic N) is 1. The number of rotatable bonds is 3. The Morgan fingerprint density at radius 2 is 1.86 bits per heavy atom. The van der Waals surface area contributed by atoms with Crippen LogP contribution in [0.4, 0.5) is 0 Å². The van der Waals surface area contributed by atoms with Crippen LogP contribution in [0.25, 0.3) is 10.1 Å². The predicted molar refractivity (Wildman–Crippen MR) is 82.7 cm³/mol. The van der Waals surface area contributed by atoms with Crippen molar-refractivity contribution in [2.75, 3.05) is 0 Å². The highest BCUT2D eigenvalue weighted by Crippen LogP contribution is 2.32. The Morgan fingerprint density at radius 3 is 2.52 bits per heavy atom. The van der Waals surface area contributed by atoms with E-state index in [1.54, 1.807) is 12.1 Å². The van der Waals surface area contributed by atoms with Crippen LogP contribution in [-0.2, 0) is 6.42 Å². The molecule has 0 saturated carbocycles. The summed E-state index contributed by atoms with van der Waals surface area (Å²) < 4.78 is 0.985. The maximum atomic E-state index is 11.4. The van der Waals surface area contributed by atoms with Crippen LogP contribution in [0.3, 0.4) is 0 Å². The molecule has 1 aromatic heterocycles. The molecule has 0 bridgehead atoms. The van der Waals surface area contributed by atoms with Gasteiger partial charge in [0.25, 0.3) is 0 Å². The maximum absolute atomic E-state index is 11.4. The molecule has 1 heterocycles. The third-order valence-corrected chi connectivity index (χ3v) is 4.56. The number of carbonyl (C=O) groups is 1. The molecule has 0 fully saturated rings. The molecule has 0 radical (unpaired) electrons. The topological polar surface area (TPSA) is 61.1 Å². The van der Waals surface area contributed by atoms with Crippen LogP contribution in [0.15, 0.2) is 48.5 Å². The van der Waals surface area contributed by atoms with Gasteiger partial charge in [0.1, 0.15) is 4.88 Å². The number of nitriles is 1. The summed E-state index contributed by atoms with van der Waals surface area (Å²) in [5, 5.41) is 19.2. The van der Waals surface area contributed by atoms with Crippen molar-refractivity contribution in [1.29, 1.82) is 5.26 Å². The number of carboxylic acids is 1. The molecule has 21 heavy (non-hydrogen) atoms. The van der Waals surface area contributed by atoms with Crippen LogP contribution in [0.1, 0.15) is 26.4 Å². The van der Waals surface area contributed by atoms with Gasteiger partial charge in [0.2, 0.25) is 0 Å². The van der Waals surface area contributed by atoms with E-state index in [0.717, 1.165) is 21.2 Å². The monoisotopic (exact) mass is 293 g/mol. The lowest BCUT2D eigenvalue weighted by molar-refractivity contribution is 0.0701. The van der Waals surface area contributed by atoms with E-state index in [1.165, 1.54) is 11.3 Å². The van der Waals surface area contributed by atoms with E-state index in [4.69, 9.17) is 5.26 Å². The molecule has 4 heteroatoms. The van der Waals surface area contributed by atoms with Crippen molar-refractivity contribution in [2.45, 2.75) is 6.42 Å². The number of carboxylic acid groups (broad SMARTS) is 1. The number of aromatic carboxylic acids is 1. The molecule has 2 aromatic carbocycles. The van der Waals surface area contributed by atoms with Gasteiger partial charge in [0.15, 0.2) is 0 Å². The summed E-state index contributed by atoms with van der Waals surface area (Å²) in [4.78, 5) is 11.8. The van der Waals surface area contributed by atoms with Crippen LogP contribution < -0.4 is 0 Å². The van der Waals surface area contributed by atoms with E-state index >= 15 is 0 Å². The van der Waals surface area contributed by atoms with Gasteiger partial charge in [-0.15, -0.1) is 11.3 Å². The number of benzene rings is 2. The minimum atomic E-state index is -0.889. The van der Waals surface area contributed by atoms with E-state index in [-0.39, 0.29) is 0 Å². The van der Waals surface area contributed by atoms with Crippen molar-refractivity contribution >= 4 is 27.4 Å². The molecule has 0 amide bonds. The highest BCUT2D eigenvalue weighted by molar-refractivity contribution is 7.21. The van der Waals surface area contributed by atoms with Crippen LogP contribution in [0, 0.1) is 11.3 Å². The third kappa shape index (κ3) is 2.51. The third-order valence-electron chi connectivity index (χ3n) is 3.36. The van der Waals surface area contributed by atoms with Crippen LogP contribution in [0.5, 0.6) is 0 Å². The zero-order valence-electron chi connectivity index (χ0n) is 11.0. The molecule has 3 nitrogen and oxygen atoms in total. The molecular weight excluding hydrogens is 282 g/mol. The molecule has 1 N–H and O–H groups in total. The highest BCUT2D eigenvalue weighted by Gasteiger charge is 2.17. The average molecular weight is 293 g/mol. The van der Waals surface area contributed by atoms with E-state index in [2.05, 4.69) is 6.07 Å². The van der Waals surface area contributed by atoms with E-state index < -0.39 is 5.97 Å². The second-order valence-corrected chi connectivity index (χ2v) is 5.75. The van der Waals surface area contributed by atoms with Crippen molar-refractivity contribution in [3.63, 3.8) is 0 Å². The first-order chi connectivity index (χ1) is 10.2. The predicted octanol–water partition coefficient (Wildman–Crippen LogP) is 4.06. The fourth-order valence-corrected chi connectivity index (χ4v) is 3.41. The second kappa shape index (κ2) is 5.39. The van der Waals surface area contributed by atoms with E-state index in [1.807, 2.05) is 36.4 Å². The Bertz CT molecular complexity index is 857. The number of hydrogen-bond acceptors (Lipinski definition) is 3. The first-order valence-electron chi connectivity index (χ1n) is 6.42. The van der Waals surface area contributed by atoms with Crippen molar-refractivity contribution in [1.82, 2.24) is 0 Å². The molecule has 0 unspecified atom stereocenters. The van der Waals surface area contributed by atoms with E-state index in [9.17, 15) is 9.90 Å². The summed E-state index contributed by atoms with van der Waals surface area (Å²) in [6.45, 7) is 0. The summed E-state index contributed by atoms with van der Waals surface area (Å²) in [7, 11) is 0. The Kier molecular flexibility index (Phi) is 3.43. The smallest absolute Gasteiger partial charge is 0.346 e. The number of thiophene rings is 1. The van der Waals surface area contributed by atoms with Gasteiger partial charge < -0.3 is 5.11 Å². The molecule has 3 aromatic rings. The minimum absolute atomic E-state index is 0.389. The fourth-order valence-electron chi connectivity index (χ4n) is 2.35. The summed E-state index contributed by atoms with van der Waals surface area (Å²) in [6.07, 6.45) is 0.553. The zero-order chi connectivity index (χ0) is 14.8. The first-order valence-corrected chi connectivity index (χ1v) is 7.23. The van der Waals surface area contributed by atoms with Crippen molar-refractivity contribution in [3.05, 3.63) is 70.1 Å². The van der Waals surface area contributed by atoms with Crippen molar-refractivity contribution < 1.29 is 9.90 Å². The molecule has 0 saturated heterocycles. The molecule has 0 aliphatic heterocycles. The molecule has 0 spiro atoms. The van der Waals surface area contributed by atoms with Gasteiger partial charge in [-0.2, -0.15) is 5.26 Å². The minimum Gasteiger partial charge on any atom is -0.477 e. The Labute approximate surface area is 125 Å². The molecule has 3 rings (SSSR count).